The summed E-state index contributed by atoms with van der Waals surface area (Å²) in [6, 6.07) is 8.83. The predicted molar refractivity (Wildman–Crippen MR) is 87.7 cm³/mol. The van der Waals surface area contributed by atoms with E-state index in [1.165, 1.54) is 24.0 Å². The number of nitrogens with one attached hydrogen (secondary N) is 1. The summed E-state index contributed by atoms with van der Waals surface area (Å²) in [5.41, 5.74) is 0.895. The Bertz CT molecular complexity index is 758. The zero-order chi connectivity index (χ0) is 16.2. The van der Waals surface area contributed by atoms with Crippen LogP contribution in [0.5, 0.6) is 5.75 Å². The number of ether oxygens (including phenoxy) is 1. The van der Waals surface area contributed by atoms with Crippen LogP contribution in [-0.4, -0.2) is 28.3 Å². The van der Waals surface area contributed by atoms with Crippen molar-refractivity contribution in [3.05, 3.63) is 52.4 Å². The minimum Gasteiger partial charge on any atom is -0.497 e. The van der Waals surface area contributed by atoms with Crippen LogP contribution in [0.25, 0.3) is 0 Å². The van der Waals surface area contributed by atoms with Crippen LogP contribution in [0, 0.1) is 0 Å². The molecule has 23 heavy (non-hydrogen) atoms. The third kappa shape index (κ3) is 3.56. The van der Waals surface area contributed by atoms with Gasteiger partial charge in [-0.05, 0) is 17.7 Å². The molecule has 3 rings (SSSR count). The maximum Gasteiger partial charge on any atom is 0.254 e. The van der Waals surface area contributed by atoms with Gasteiger partial charge in [0.05, 0.1) is 13.2 Å². The van der Waals surface area contributed by atoms with Crippen molar-refractivity contribution in [3.8, 4) is 5.75 Å². The van der Waals surface area contributed by atoms with Gasteiger partial charge in [-0.15, -0.1) is 0 Å². The molecule has 1 aliphatic heterocycles. The molecule has 0 saturated heterocycles. The van der Waals surface area contributed by atoms with Gasteiger partial charge in [0, 0.05) is 31.0 Å². The van der Waals surface area contributed by atoms with Crippen molar-refractivity contribution in [1.29, 1.82) is 0 Å². The number of methoxy groups -OCH3 is 1. The second-order valence-corrected chi connectivity index (χ2v) is 6.22. The van der Waals surface area contributed by atoms with Crippen LogP contribution in [0.2, 0.25) is 0 Å². The number of fused-ring (bicyclic) bond motifs is 1. The fourth-order valence-electron chi connectivity index (χ4n) is 2.47. The van der Waals surface area contributed by atoms with Crippen LogP contribution in [-0.2, 0) is 11.3 Å². The van der Waals surface area contributed by atoms with E-state index in [0.717, 1.165) is 11.3 Å². The zero-order valence-electron chi connectivity index (χ0n) is 12.7. The molecule has 1 aliphatic rings. The topological polar surface area (TPSA) is 73.2 Å². The summed E-state index contributed by atoms with van der Waals surface area (Å²) in [6.07, 6.45) is 1.79. The summed E-state index contributed by atoms with van der Waals surface area (Å²) >= 11 is 1.51. The smallest absolute Gasteiger partial charge is 0.254 e. The number of aromatic nitrogens is 2. The molecule has 1 aromatic heterocycles. The summed E-state index contributed by atoms with van der Waals surface area (Å²) in [5, 5.41) is 3.57. The van der Waals surface area contributed by atoms with Gasteiger partial charge in [0.25, 0.3) is 5.56 Å². The monoisotopic (exact) mass is 331 g/mol. The number of thioether (sulfide) groups is 1. The van der Waals surface area contributed by atoms with E-state index in [1.807, 2.05) is 24.3 Å². The molecular weight excluding hydrogens is 314 g/mol. The van der Waals surface area contributed by atoms with Gasteiger partial charge in [0.1, 0.15) is 5.75 Å². The van der Waals surface area contributed by atoms with E-state index in [-0.39, 0.29) is 23.9 Å². The number of hydrogen-bond donors (Lipinski definition) is 1. The molecule has 0 spiro atoms. The molecule has 0 radical (unpaired) electrons. The largest absolute Gasteiger partial charge is 0.497 e. The van der Waals surface area contributed by atoms with E-state index in [4.69, 9.17) is 4.74 Å². The van der Waals surface area contributed by atoms with Crippen LogP contribution in [0.4, 0.5) is 0 Å². The molecule has 1 aromatic carbocycles. The lowest BCUT2D eigenvalue weighted by Gasteiger charge is -2.13. The fraction of sp³-hybridized carbons (Fsp3) is 0.312. The first kappa shape index (κ1) is 15.6. The van der Waals surface area contributed by atoms with Gasteiger partial charge in [0.2, 0.25) is 5.91 Å². The summed E-state index contributed by atoms with van der Waals surface area (Å²) < 4.78 is 6.71. The number of nitrogens with zero attached hydrogens (tertiary/aromatic N) is 2. The van der Waals surface area contributed by atoms with Crippen LogP contribution in [0.15, 0.2) is 46.5 Å². The number of carbonyl (C=O) groups excluding carboxylic acids is 1. The van der Waals surface area contributed by atoms with Gasteiger partial charge in [-0.25, -0.2) is 4.98 Å². The maximum absolute atomic E-state index is 12.1. The highest BCUT2D eigenvalue weighted by Crippen LogP contribution is 2.31. The maximum atomic E-state index is 12.1. The lowest BCUT2D eigenvalue weighted by Crippen LogP contribution is -2.30. The Labute approximate surface area is 137 Å². The molecule has 0 saturated carbocycles. The first-order valence-corrected chi connectivity index (χ1v) is 8.26. The van der Waals surface area contributed by atoms with Crippen LogP contribution in [0.1, 0.15) is 18.0 Å². The first-order chi connectivity index (χ1) is 11.2. The average molecular weight is 331 g/mol. The predicted octanol–water partition coefficient (Wildman–Crippen LogP) is 1.61. The number of benzene rings is 1. The molecule has 7 heteroatoms. The summed E-state index contributed by atoms with van der Waals surface area (Å²) in [6.45, 7) is 0.456. The highest BCUT2D eigenvalue weighted by Gasteiger charge is 2.26. The average Bonchev–Trinajstić information content (AvgIpc) is 2.98. The summed E-state index contributed by atoms with van der Waals surface area (Å²) in [4.78, 5) is 28.2. The van der Waals surface area contributed by atoms with Crippen molar-refractivity contribution in [2.75, 3.05) is 12.9 Å². The number of rotatable bonds is 5. The van der Waals surface area contributed by atoms with Crippen molar-refractivity contribution in [3.63, 3.8) is 0 Å². The lowest BCUT2D eigenvalue weighted by molar-refractivity contribution is -0.121. The van der Waals surface area contributed by atoms with Gasteiger partial charge < -0.3 is 10.1 Å². The Morgan fingerprint density at radius 2 is 2.17 bits per heavy atom. The third-order valence-corrected chi connectivity index (χ3v) is 4.80. The van der Waals surface area contributed by atoms with E-state index in [2.05, 4.69) is 10.3 Å². The molecule has 1 amide bonds. The Morgan fingerprint density at radius 3 is 2.91 bits per heavy atom. The van der Waals surface area contributed by atoms with Crippen molar-refractivity contribution in [2.24, 2.45) is 0 Å². The van der Waals surface area contributed by atoms with Crippen LogP contribution >= 0.6 is 11.8 Å². The van der Waals surface area contributed by atoms with Crippen molar-refractivity contribution >= 4 is 17.7 Å². The molecule has 120 valence electrons. The van der Waals surface area contributed by atoms with Crippen molar-refractivity contribution in [2.45, 2.75) is 24.2 Å². The molecule has 0 fully saturated rings. The molecular formula is C16H17N3O3S. The molecule has 0 bridgehead atoms. The normalized spacial score (nSPS) is 16.0. The molecule has 2 heterocycles. The first-order valence-electron chi connectivity index (χ1n) is 7.27. The highest BCUT2D eigenvalue weighted by molar-refractivity contribution is 7.99. The van der Waals surface area contributed by atoms with E-state index < -0.39 is 0 Å². The standard InChI is InChI=1S/C16H17N3O3S/c1-22-13-4-2-11(3-5-13)9-18-14(20)8-12-10-23-16-17-7-6-15(21)19(12)16/h2-7,12H,8-10H2,1H3,(H,18,20)/t12-/m1/s1. The minimum atomic E-state index is -0.132. The van der Waals surface area contributed by atoms with Gasteiger partial charge in [0.15, 0.2) is 5.16 Å². The summed E-state index contributed by atoms with van der Waals surface area (Å²) in [5.74, 6) is 1.41. The van der Waals surface area contributed by atoms with Crippen molar-refractivity contribution < 1.29 is 9.53 Å². The van der Waals surface area contributed by atoms with E-state index >= 15 is 0 Å². The minimum absolute atomic E-state index is 0.0741. The van der Waals surface area contributed by atoms with E-state index in [1.54, 1.807) is 11.7 Å². The number of hydrogen-bond acceptors (Lipinski definition) is 5. The van der Waals surface area contributed by atoms with E-state index in [9.17, 15) is 9.59 Å². The Kier molecular flexibility index (Phi) is 4.66. The molecule has 6 nitrogen and oxygen atoms in total. The second-order valence-electron chi connectivity index (χ2n) is 5.23. The molecule has 0 unspecified atom stereocenters. The van der Waals surface area contributed by atoms with Crippen LogP contribution in [0.3, 0.4) is 0 Å². The van der Waals surface area contributed by atoms with Gasteiger partial charge in [-0.3, -0.25) is 14.2 Å². The molecule has 0 aliphatic carbocycles. The Morgan fingerprint density at radius 1 is 1.39 bits per heavy atom. The fourth-order valence-corrected chi connectivity index (χ4v) is 3.59. The number of amides is 1. The Balaban J connectivity index is 1.57. The van der Waals surface area contributed by atoms with Gasteiger partial charge in [-0.2, -0.15) is 0 Å². The highest BCUT2D eigenvalue weighted by atomic mass is 32.2. The van der Waals surface area contributed by atoms with Crippen LogP contribution < -0.4 is 15.6 Å². The SMILES string of the molecule is COc1ccc(CNC(=O)C[C@@H]2CSc3nccc(=O)n32)cc1. The third-order valence-electron chi connectivity index (χ3n) is 3.69. The zero-order valence-corrected chi connectivity index (χ0v) is 13.5. The Hall–Kier alpha value is -2.28. The number of carbonyl (C=O) groups is 1. The van der Waals surface area contributed by atoms with Gasteiger partial charge >= 0.3 is 0 Å². The summed E-state index contributed by atoms with van der Waals surface area (Å²) in [7, 11) is 1.62. The van der Waals surface area contributed by atoms with E-state index in [0.29, 0.717) is 17.5 Å². The molecule has 1 atom stereocenters. The lowest BCUT2D eigenvalue weighted by atomic mass is 10.2. The quantitative estimate of drug-likeness (QED) is 0.843. The molecule has 1 N–H and O–H groups in total. The van der Waals surface area contributed by atoms with Crippen molar-refractivity contribution in [1.82, 2.24) is 14.9 Å². The molecule has 2 aromatic rings. The second kappa shape index (κ2) is 6.87. The van der Waals surface area contributed by atoms with Gasteiger partial charge in [-0.1, -0.05) is 23.9 Å².